The van der Waals surface area contributed by atoms with Crippen molar-refractivity contribution >= 4 is 27.5 Å². The van der Waals surface area contributed by atoms with E-state index in [1.165, 1.54) is 23.5 Å². The summed E-state index contributed by atoms with van der Waals surface area (Å²) in [6.07, 6.45) is 5.07. The maximum Gasteiger partial charge on any atom is 0.262 e. The first kappa shape index (κ1) is 19.6. The maximum atomic E-state index is 13.9. The van der Waals surface area contributed by atoms with E-state index in [0.29, 0.717) is 38.6 Å². The summed E-state index contributed by atoms with van der Waals surface area (Å²) in [6, 6.07) is 5.44. The number of rotatable bonds is 4. The number of carbonyl (C=O) groups is 1. The number of carbonyl (C=O) groups excluding carboxylic acids is 1. The number of halogens is 1. The van der Waals surface area contributed by atoms with Crippen molar-refractivity contribution in [3.05, 3.63) is 80.5 Å². The molecule has 0 fully saturated rings. The van der Waals surface area contributed by atoms with Gasteiger partial charge in [-0.2, -0.15) is 0 Å². The molecule has 1 aliphatic heterocycles. The molecule has 3 aromatic heterocycles. The van der Waals surface area contributed by atoms with Crippen LogP contribution in [-0.2, 0) is 20.0 Å². The number of hydrogen-bond donors (Lipinski definition) is 1. The molecule has 0 bridgehead atoms. The Kier molecular flexibility index (Phi) is 4.70. The van der Waals surface area contributed by atoms with Gasteiger partial charge in [-0.15, -0.1) is 11.3 Å². The first-order valence-electron chi connectivity index (χ1n) is 10.0. The van der Waals surface area contributed by atoms with Gasteiger partial charge >= 0.3 is 0 Å². The van der Waals surface area contributed by atoms with E-state index in [4.69, 9.17) is 0 Å². The summed E-state index contributed by atoms with van der Waals surface area (Å²) in [6.45, 7) is 2.44. The fraction of sp³-hybridized carbons (Fsp3) is 0.273. The van der Waals surface area contributed by atoms with Crippen molar-refractivity contribution in [1.82, 2.24) is 24.4 Å². The highest BCUT2D eigenvalue weighted by atomic mass is 32.1. The highest BCUT2D eigenvalue weighted by molar-refractivity contribution is 7.20. The SMILES string of the molecule is Cc1c(C(=O)NC(c2cccc(F)c2)c2nccn2C)sc2nc3n(c(=O)c12)CCC3. The van der Waals surface area contributed by atoms with E-state index in [-0.39, 0.29) is 11.5 Å². The number of aryl methyl sites for hydroxylation is 3. The molecule has 1 aromatic carbocycles. The van der Waals surface area contributed by atoms with E-state index in [1.54, 1.807) is 40.6 Å². The summed E-state index contributed by atoms with van der Waals surface area (Å²) in [5.74, 6) is 0.615. The predicted molar refractivity (Wildman–Crippen MR) is 116 cm³/mol. The molecule has 4 aromatic rings. The van der Waals surface area contributed by atoms with Crippen molar-refractivity contribution in [2.75, 3.05) is 0 Å². The van der Waals surface area contributed by atoms with Crippen LogP contribution in [0.2, 0.25) is 0 Å². The molecule has 5 rings (SSSR count). The lowest BCUT2D eigenvalue weighted by Crippen LogP contribution is -2.31. The van der Waals surface area contributed by atoms with E-state index in [1.807, 2.05) is 7.05 Å². The molecule has 0 saturated heterocycles. The number of benzene rings is 1. The summed E-state index contributed by atoms with van der Waals surface area (Å²) in [7, 11) is 1.82. The molecule has 158 valence electrons. The molecule has 1 amide bonds. The van der Waals surface area contributed by atoms with Gasteiger partial charge < -0.3 is 9.88 Å². The van der Waals surface area contributed by atoms with Gasteiger partial charge in [-0.05, 0) is 36.6 Å². The Balaban J connectivity index is 1.57. The van der Waals surface area contributed by atoms with Crippen molar-refractivity contribution < 1.29 is 9.18 Å². The van der Waals surface area contributed by atoms with Gasteiger partial charge in [0.15, 0.2) is 0 Å². The second-order valence-electron chi connectivity index (χ2n) is 7.68. The molecule has 7 nitrogen and oxygen atoms in total. The highest BCUT2D eigenvalue weighted by Gasteiger charge is 2.27. The number of nitrogens with one attached hydrogen (secondary N) is 1. The van der Waals surface area contributed by atoms with Crippen LogP contribution in [-0.4, -0.2) is 25.0 Å². The van der Waals surface area contributed by atoms with Gasteiger partial charge in [0.1, 0.15) is 28.3 Å². The quantitative estimate of drug-likeness (QED) is 0.532. The number of thiophene rings is 1. The van der Waals surface area contributed by atoms with Crippen LogP contribution in [0.15, 0.2) is 41.5 Å². The third-order valence-electron chi connectivity index (χ3n) is 5.69. The summed E-state index contributed by atoms with van der Waals surface area (Å²) in [4.78, 5) is 36.2. The van der Waals surface area contributed by atoms with Crippen LogP contribution in [0.1, 0.15) is 44.9 Å². The Hall–Kier alpha value is -3.33. The summed E-state index contributed by atoms with van der Waals surface area (Å²) >= 11 is 1.22. The van der Waals surface area contributed by atoms with Gasteiger partial charge in [-0.1, -0.05) is 12.1 Å². The van der Waals surface area contributed by atoms with Gasteiger partial charge in [0, 0.05) is 32.4 Å². The minimum atomic E-state index is -0.646. The Morgan fingerprint density at radius 3 is 2.94 bits per heavy atom. The number of aromatic nitrogens is 4. The molecular formula is C22H20FN5O2S. The number of nitrogens with zero attached hydrogens (tertiary/aromatic N) is 4. The van der Waals surface area contributed by atoms with Crippen LogP contribution in [0.5, 0.6) is 0 Å². The maximum absolute atomic E-state index is 13.9. The van der Waals surface area contributed by atoms with E-state index in [2.05, 4.69) is 15.3 Å². The highest BCUT2D eigenvalue weighted by Crippen LogP contribution is 2.30. The molecule has 1 atom stereocenters. The summed E-state index contributed by atoms with van der Waals surface area (Å²) < 4.78 is 17.4. The van der Waals surface area contributed by atoms with Crippen molar-refractivity contribution in [2.24, 2.45) is 7.05 Å². The summed E-state index contributed by atoms with van der Waals surface area (Å²) in [5.41, 5.74) is 1.12. The molecular weight excluding hydrogens is 417 g/mol. The lowest BCUT2D eigenvalue weighted by atomic mass is 10.1. The molecule has 0 aliphatic carbocycles. The Labute approximate surface area is 181 Å². The molecule has 0 saturated carbocycles. The molecule has 0 radical (unpaired) electrons. The lowest BCUT2D eigenvalue weighted by molar-refractivity contribution is 0.0944. The first-order valence-corrected chi connectivity index (χ1v) is 10.8. The largest absolute Gasteiger partial charge is 0.337 e. The number of hydrogen-bond acceptors (Lipinski definition) is 5. The lowest BCUT2D eigenvalue weighted by Gasteiger charge is -2.19. The van der Waals surface area contributed by atoms with E-state index < -0.39 is 11.9 Å². The molecule has 1 aliphatic rings. The molecule has 9 heteroatoms. The van der Waals surface area contributed by atoms with E-state index in [9.17, 15) is 14.0 Å². The third kappa shape index (κ3) is 3.25. The van der Waals surface area contributed by atoms with Gasteiger partial charge in [-0.25, -0.2) is 14.4 Å². The fourth-order valence-electron chi connectivity index (χ4n) is 4.13. The monoisotopic (exact) mass is 437 g/mol. The van der Waals surface area contributed by atoms with Crippen LogP contribution in [0.4, 0.5) is 4.39 Å². The number of amides is 1. The van der Waals surface area contributed by atoms with Crippen LogP contribution in [0, 0.1) is 12.7 Å². The van der Waals surface area contributed by atoms with Crippen molar-refractivity contribution in [2.45, 2.75) is 32.4 Å². The molecule has 4 heterocycles. The molecule has 0 spiro atoms. The third-order valence-corrected chi connectivity index (χ3v) is 6.88. The van der Waals surface area contributed by atoms with E-state index >= 15 is 0 Å². The molecule has 31 heavy (non-hydrogen) atoms. The fourth-order valence-corrected chi connectivity index (χ4v) is 5.22. The van der Waals surface area contributed by atoms with Crippen molar-refractivity contribution in [3.63, 3.8) is 0 Å². The standard InChI is InChI=1S/C22H20FN5O2S/c1-12-16-21(25-15-7-4-9-28(15)22(16)30)31-18(12)20(29)26-17(19-24-8-10-27(19)2)13-5-3-6-14(23)11-13/h3,5-6,8,10-11,17H,4,7,9H2,1-2H3,(H,26,29). The Morgan fingerprint density at radius 2 is 2.19 bits per heavy atom. The van der Waals surface area contributed by atoms with Crippen molar-refractivity contribution in [3.8, 4) is 0 Å². The van der Waals surface area contributed by atoms with Crippen LogP contribution < -0.4 is 10.9 Å². The van der Waals surface area contributed by atoms with Crippen LogP contribution >= 0.6 is 11.3 Å². The zero-order chi connectivity index (χ0) is 21.7. The number of imidazole rings is 1. The van der Waals surface area contributed by atoms with Gasteiger partial charge in [-0.3, -0.25) is 14.2 Å². The minimum absolute atomic E-state index is 0.0870. The van der Waals surface area contributed by atoms with Crippen LogP contribution in [0.25, 0.3) is 10.2 Å². The predicted octanol–water partition coefficient (Wildman–Crippen LogP) is 3.10. The second-order valence-corrected chi connectivity index (χ2v) is 8.68. The van der Waals surface area contributed by atoms with Gasteiger partial charge in [0.25, 0.3) is 11.5 Å². The minimum Gasteiger partial charge on any atom is -0.337 e. The van der Waals surface area contributed by atoms with Crippen molar-refractivity contribution in [1.29, 1.82) is 0 Å². The summed E-state index contributed by atoms with van der Waals surface area (Å²) in [5, 5.41) is 3.48. The average molecular weight is 438 g/mol. The smallest absolute Gasteiger partial charge is 0.262 e. The van der Waals surface area contributed by atoms with E-state index in [0.717, 1.165) is 18.7 Å². The van der Waals surface area contributed by atoms with Gasteiger partial charge in [0.05, 0.1) is 10.3 Å². The second kappa shape index (κ2) is 7.42. The zero-order valence-corrected chi connectivity index (χ0v) is 17.9. The normalized spacial score (nSPS) is 14.0. The zero-order valence-electron chi connectivity index (χ0n) is 17.1. The first-order chi connectivity index (χ1) is 14.9. The topological polar surface area (TPSA) is 81.8 Å². The van der Waals surface area contributed by atoms with Gasteiger partial charge in [0.2, 0.25) is 0 Å². The average Bonchev–Trinajstić information content (AvgIpc) is 3.45. The molecule has 1 unspecified atom stereocenters. The number of fused-ring (bicyclic) bond motifs is 2. The Morgan fingerprint density at radius 1 is 1.35 bits per heavy atom. The molecule has 1 N–H and O–H groups in total. The van der Waals surface area contributed by atoms with Crippen LogP contribution in [0.3, 0.4) is 0 Å². The Bertz CT molecular complexity index is 1390.